The number of hydrogen-bond donors (Lipinski definition) is 2. The molecule has 3 aromatic rings. The SMILES string of the molecule is C[C@@H](Nc1ccc(Cl)nc1C(=O)O)c1cc(F)cc2nc3c(cc12)N1CCOC[C@H]1CO3. The van der Waals surface area contributed by atoms with Gasteiger partial charge in [0, 0.05) is 24.0 Å². The monoisotopic (exact) mass is 458 g/mol. The number of carbonyl (C=O) groups is 1. The van der Waals surface area contributed by atoms with E-state index < -0.39 is 17.8 Å². The Morgan fingerprint density at radius 3 is 2.97 bits per heavy atom. The zero-order valence-corrected chi connectivity index (χ0v) is 17.9. The van der Waals surface area contributed by atoms with Crippen LogP contribution in [0.1, 0.15) is 29.0 Å². The highest BCUT2D eigenvalue weighted by molar-refractivity contribution is 6.29. The maximum Gasteiger partial charge on any atom is 0.356 e. The summed E-state index contributed by atoms with van der Waals surface area (Å²) in [6, 6.07) is 7.46. The Labute approximate surface area is 187 Å². The predicted octanol–water partition coefficient (Wildman–Crippen LogP) is 3.89. The third kappa shape index (κ3) is 3.67. The van der Waals surface area contributed by atoms with E-state index in [1.165, 1.54) is 18.2 Å². The number of nitrogens with zero attached hydrogens (tertiary/aromatic N) is 3. The molecular weight excluding hydrogens is 439 g/mol. The minimum Gasteiger partial charge on any atom is -0.476 e. The number of ether oxygens (including phenoxy) is 2. The van der Waals surface area contributed by atoms with Crippen LogP contribution in [0.25, 0.3) is 10.9 Å². The van der Waals surface area contributed by atoms with E-state index in [0.29, 0.717) is 36.8 Å². The number of hydrogen-bond acceptors (Lipinski definition) is 7. The van der Waals surface area contributed by atoms with Crippen molar-refractivity contribution < 1.29 is 23.8 Å². The largest absolute Gasteiger partial charge is 0.476 e. The maximum absolute atomic E-state index is 14.5. The lowest BCUT2D eigenvalue weighted by molar-refractivity contribution is 0.0689. The van der Waals surface area contributed by atoms with Gasteiger partial charge in [0.2, 0.25) is 5.88 Å². The molecular formula is C22H20ClFN4O4. The lowest BCUT2D eigenvalue weighted by Gasteiger charge is -2.40. The first-order chi connectivity index (χ1) is 15.4. The van der Waals surface area contributed by atoms with Gasteiger partial charge in [0.05, 0.1) is 30.5 Å². The van der Waals surface area contributed by atoms with Crippen molar-refractivity contribution in [1.82, 2.24) is 9.97 Å². The van der Waals surface area contributed by atoms with Gasteiger partial charge in [-0.2, -0.15) is 0 Å². The molecule has 2 N–H and O–H groups in total. The molecule has 166 valence electrons. The molecule has 10 heteroatoms. The van der Waals surface area contributed by atoms with Gasteiger partial charge in [-0.25, -0.2) is 19.2 Å². The Morgan fingerprint density at radius 1 is 1.31 bits per heavy atom. The molecule has 8 nitrogen and oxygen atoms in total. The number of carboxylic acid groups (broad SMARTS) is 1. The minimum absolute atomic E-state index is 0.0766. The number of benzene rings is 1. The fourth-order valence-electron chi connectivity index (χ4n) is 4.22. The van der Waals surface area contributed by atoms with Gasteiger partial charge in [-0.05, 0) is 36.8 Å². The Bertz CT molecular complexity index is 1220. The highest BCUT2D eigenvalue weighted by Gasteiger charge is 2.32. The first-order valence-electron chi connectivity index (χ1n) is 10.2. The van der Waals surface area contributed by atoms with Gasteiger partial charge in [-0.1, -0.05) is 11.6 Å². The van der Waals surface area contributed by atoms with Crippen molar-refractivity contribution in [1.29, 1.82) is 0 Å². The van der Waals surface area contributed by atoms with Gasteiger partial charge >= 0.3 is 5.97 Å². The average Bonchev–Trinajstić information content (AvgIpc) is 2.78. The first kappa shape index (κ1) is 20.7. The summed E-state index contributed by atoms with van der Waals surface area (Å²) in [7, 11) is 0. The molecule has 2 aliphatic heterocycles. The molecule has 1 saturated heterocycles. The molecule has 0 unspecified atom stereocenters. The summed E-state index contributed by atoms with van der Waals surface area (Å²) < 4.78 is 25.9. The predicted molar refractivity (Wildman–Crippen MR) is 117 cm³/mol. The van der Waals surface area contributed by atoms with E-state index in [2.05, 4.69) is 20.2 Å². The molecule has 4 heterocycles. The average molecular weight is 459 g/mol. The summed E-state index contributed by atoms with van der Waals surface area (Å²) in [6.45, 7) is 4.20. The number of fused-ring (bicyclic) bond motifs is 4. The third-order valence-electron chi connectivity index (χ3n) is 5.73. The number of morpholine rings is 1. The number of aromatic carboxylic acids is 1. The molecule has 2 atom stereocenters. The molecule has 1 fully saturated rings. The number of halogens is 2. The lowest BCUT2D eigenvalue weighted by Crippen LogP contribution is -2.51. The molecule has 2 aliphatic rings. The smallest absolute Gasteiger partial charge is 0.356 e. The second-order valence-electron chi connectivity index (χ2n) is 7.81. The number of aromatic nitrogens is 2. The fraction of sp³-hybridized carbons (Fsp3) is 0.318. The molecule has 5 rings (SSSR count). The Morgan fingerprint density at radius 2 is 2.16 bits per heavy atom. The molecule has 0 aliphatic carbocycles. The summed E-state index contributed by atoms with van der Waals surface area (Å²) in [5.74, 6) is -1.18. The van der Waals surface area contributed by atoms with Crippen molar-refractivity contribution in [2.24, 2.45) is 0 Å². The molecule has 32 heavy (non-hydrogen) atoms. The molecule has 0 spiro atoms. The van der Waals surface area contributed by atoms with Crippen LogP contribution < -0.4 is 15.0 Å². The summed E-state index contributed by atoms with van der Waals surface area (Å²) in [5, 5.41) is 13.4. The van der Waals surface area contributed by atoms with Crippen LogP contribution in [-0.4, -0.2) is 53.5 Å². The minimum atomic E-state index is -1.21. The highest BCUT2D eigenvalue weighted by Crippen LogP contribution is 2.38. The molecule has 0 saturated carbocycles. The highest BCUT2D eigenvalue weighted by atomic mass is 35.5. The summed E-state index contributed by atoms with van der Waals surface area (Å²) in [4.78, 5) is 22.3. The second-order valence-corrected chi connectivity index (χ2v) is 8.20. The van der Waals surface area contributed by atoms with Crippen LogP contribution in [-0.2, 0) is 4.74 Å². The van der Waals surface area contributed by atoms with Crippen LogP contribution in [0.4, 0.5) is 15.8 Å². The van der Waals surface area contributed by atoms with Crippen LogP contribution >= 0.6 is 11.6 Å². The van der Waals surface area contributed by atoms with Crippen LogP contribution in [0.3, 0.4) is 0 Å². The molecule has 1 aromatic carbocycles. The quantitative estimate of drug-likeness (QED) is 0.568. The maximum atomic E-state index is 14.5. The summed E-state index contributed by atoms with van der Waals surface area (Å²) in [5.41, 5.74) is 2.03. The van der Waals surface area contributed by atoms with Crippen LogP contribution in [0.15, 0.2) is 30.3 Å². The van der Waals surface area contributed by atoms with E-state index in [1.807, 2.05) is 13.0 Å². The van der Waals surface area contributed by atoms with Gasteiger partial charge in [-0.3, -0.25) is 0 Å². The van der Waals surface area contributed by atoms with Gasteiger partial charge in [0.25, 0.3) is 0 Å². The first-order valence-corrected chi connectivity index (χ1v) is 10.6. The van der Waals surface area contributed by atoms with E-state index in [9.17, 15) is 14.3 Å². The van der Waals surface area contributed by atoms with Crippen molar-refractivity contribution in [3.63, 3.8) is 0 Å². The van der Waals surface area contributed by atoms with E-state index >= 15 is 0 Å². The summed E-state index contributed by atoms with van der Waals surface area (Å²) in [6.07, 6.45) is 0. The fourth-order valence-corrected chi connectivity index (χ4v) is 4.37. The van der Waals surface area contributed by atoms with Crippen LogP contribution in [0.5, 0.6) is 5.88 Å². The third-order valence-corrected chi connectivity index (χ3v) is 5.94. The molecule has 2 aromatic heterocycles. The van der Waals surface area contributed by atoms with Gasteiger partial charge in [-0.15, -0.1) is 0 Å². The molecule has 0 amide bonds. The Kier molecular flexibility index (Phi) is 5.22. The lowest BCUT2D eigenvalue weighted by atomic mass is 10.00. The van der Waals surface area contributed by atoms with Crippen molar-refractivity contribution in [3.05, 3.63) is 52.6 Å². The van der Waals surface area contributed by atoms with Gasteiger partial charge < -0.3 is 24.8 Å². The van der Waals surface area contributed by atoms with Crippen molar-refractivity contribution >= 4 is 39.8 Å². The second kappa shape index (κ2) is 8.07. The van der Waals surface area contributed by atoms with Crippen LogP contribution in [0.2, 0.25) is 5.15 Å². The van der Waals surface area contributed by atoms with E-state index in [4.69, 9.17) is 21.1 Å². The van der Waals surface area contributed by atoms with E-state index in [0.717, 1.165) is 17.6 Å². The standard InChI is InChI=1S/C22H20ClFN4O4/c1-11(25-16-2-3-19(23)27-20(16)22(29)30)14-6-12(24)7-17-15(14)8-18-21(26-17)32-10-13-9-31-5-4-28(13)18/h2-3,6-8,11,13,25H,4-5,9-10H2,1H3,(H,29,30)/t11-,13+/m1/s1. The topological polar surface area (TPSA) is 96.8 Å². The van der Waals surface area contributed by atoms with E-state index in [-0.39, 0.29) is 22.6 Å². The van der Waals surface area contributed by atoms with E-state index in [1.54, 1.807) is 6.07 Å². The van der Waals surface area contributed by atoms with Gasteiger partial charge in [0.15, 0.2) is 5.69 Å². The van der Waals surface area contributed by atoms with Crippen molar-refractivity contribution in [2.45, 2.75) is 19.0 Å². The zero-order chi connectivity index (χ0) is 22.4. The Balaban J connectivity index is 1.57. The normalized spacial score (nSPS) is 18.5. The van der Waals surface area contributed by atoms with Crippen LogP contribution in [0, 0.1) is 5.82 Å². The van der Waals surface area contributed by atoms with Gasteiger partial charge in [0.1, 0.15) is 23.3 Å². The Hall–Kier alpha value is -3.17. The number of pyridine rings is 2. The zero-order valence-electron chi connectivity index (χ0n) is 17.1. The molecule has 0 radical (unpaired) electrons. The van der Waals surface area contributed by atoms with Crippen molar-refractivity contribution in [2.75, 3.05) is 36.6 Å². The number of nitrogens with one attached hydrogen (secondary N) is 1. The number of rotatable bonds is 4. The summed E-state index contributed by atoms with van der Waals surface area (Å²) >= 11 is 5.85. The molecule has 0 bridgehead atoms. The van der Waals surface area contributed by atoms with Crippen molar-refractivity contribution in [3.8, 4) is 5.88 Å². The number of anilines is 2. The number of carboxylic acids is 1.